The molecule has 3 fully saturated rings. The Bertz CT molecular complexity index is 781. The summed E-state index contributed by atoms with van der Waals surface area (Å²) in [6, 6.07) is 10.6. The molecule has 2 bridgehead atoms. The highest BCUT2D eigenvalue weighted by Crippen LogP contribution is 2.36. The number of aromatic nitrogens is 1. The second-order valence-corrected chi connectivity index (χ2v) is 7.25. The third-order valence-corrected chi connectivity index (χ3v) is 5.95. The second kappa shape index (κ2) is 5.42. The summed E-state index contributed by atoms with van der Waals surface area (Å²) in [7, 11) is 0. The smallest absolute Gasteiger partial charge is 0.254 e. The molecule has 24 heavy (non-hydrogen) atoms. The van der Waals surface area contributed by atoms with Gasteiger partial charge in [-0.05, 0) is 66.7 Å². The van der Waals surface area contributed by atoms with Gasteiger partial charge in [-0.3, -0.25) is 9.78 Å². The van der Waals surface area contributed by atoms with E-state index in [1.807, 2.05) is 24.4 Å². The molecule has 4 aliphatic rings. The van der Waals surface area contributed by atoms with Gasteiger partial charge in [0.05, 0.1) is 0 Å². The van der Waals surface area contributed by atoms with Crippen molar-refractivity contribution in [2.45, 2.75) is 25.4 Å². The summed E-state index contributed by atoms with van der Waals surface area (Å²) >= 11 is 0. The highest BCUT2D eigenvalue weighted by Gasteiger charge is 2.42. The molecule has 1 atom stereocenters. The van der Waals surface area contributed by atoms with Gasteiger partial charge in [0.1, 0.15) is 0 Å². The van der Waals surface area contributed by atoms with E-state index in [0.717, 1.165) is 35.3 Å². The number of rotatable bonds is 2. The summed E-state index contributed by atoms with van der Waals surface area (Å²) in [4.78, 5) is 21.8. The third kappa shape index (κ3) is 2.17. The Morgan fingerprint density at radius 1 is 1.08 bits per heavy atom. The van der Waals surface area contributed by atoms with Crippen molar-refractivity contribution >= 4 is 5.91 Å². The van der Waals surface area contributed by atoms with Gasteiger partial charge < -0.3 is 9.80 Å². The molecule has 2 aromatic rings. The van der Waals surface area contributed by atoms with Gasteiger partial charge in [0.2, 0.25) is 0 Å². The quantitative estimate of drug-likeness (QED) is 0.854. The molecule has 122 valence electrons. The van der Waals surface area contributed by atoms with Crippen LogP contribution >= 0.6 is 0 Å². The monoisotopic (exact) mass is 319 g/mol. The van der Waals surface area contributed by atoms with Crippen molar-refractivity contribution in [2.75, 3.05) is 19.6 Å². The number of hydrogen-bond donors (Lipinski definition) is 0. The summed E-state index contributed by atoms with van der Waals surface area (Å²) in [5.41, 5.74) is 4.30. The fourth-order valence-electron chi connectivity index (χ4n) is 4.61. The Morgan fingerprint density at radius 2 is 1.96 bits per heavy atom. The molecule has 4 heteroatoms. The van der Waals surface area contributed by atoms with Crippen molar-refractivity contribution in [3.05, 3.63) is 53.9 Å². The molecule has 1 aromatic heterocycles. The van der Waals surface area contributed by atoms with Crippen molar-refractivity contribution in [1.29, 1.82) is 0 Å². The van der Waals surface area contributed by atoms with E-state index in [0.29, 0.717) is 12.0 Å². The van der Waals surface area contributed by atoms with Crippen LogP contribution in [0, 0.1) is 5.92 Å². The Hall–Kier alpha value is -2.20. The molecule has 0 N–H and O–H groups in total. The summed E-state index contributed by atoms with van der Waals surface area (Å²) in [5.74, 6) is 0.910. The summed E-state index contributed by atoms with van der Waals surface area (Å²) in [5, 5.41) is 0. The number of carbonyl (C=O) groups excluding carboxylic acids is 1. The zero-order valence-corrected chi connectivity index (χ0v) is 13.7. The predicted octanol–water partition coefficient (Wildman–Crippen LogP) is 2.80. The topological polar surface area (TPSA) is 36.4 Å². The molecule has 0 spiro atoms. The minimum Gasteiger partial charge on any atom is -0.330 e. The number of hydrogen-bond acceptors (Lipinski definition) is 3. The van der Waals surface area contributed by atoms with E-state index < -0.39 is 0 Å². The number of fused-ring (bicyclic) bond motifs is 4. The summed E-state index contributed by atoms with van der Waals surface area (Å²) < 4.78 is 0. The van der Waals surface area contributed by atoms with E-state index in [9.17, 15) is 4.79 Å². The van der Waals surface area contributed by atoms with Gasteiger partial charge >= 0.3 is 0 Å². The largest absolute Gasteiger partial charge is 0.330 e. The van der Waals surface area contributed by atoms with Crippen LogP contribution in [0.1, 0.15) is 28.8 Å². The maximum absolute atomic E-state index is 12.9. The fourth-order valence-corrected chi connectivity index (χ4v) is 4.61. The first-order valence-electron chi connectivity index (χ1n) is 8.86. The number of nitrogens with zero attached hydrogens (tertiary/aromatic N) is 3. The molecule has 0 saturated carbocycles. The standard InChI is InChI=1S/C20H21N3O/c24-20-18-4-3-15(16-2-1-7-21-11-16)10-17(18)12-23(20)19-13-22-8-5-14(19)6-9-22/h1-4,7,10-11,14,19H,5-6,8-9,12-13H2/t19-/m0/s1. The van der Waals surface area contributed by atoms with E-state index in [2.05, 4.69) is 26.9 Å². The average molecular weight is 319 g/mol. The van der Waals surface area contributed by atoms with Gasteiger partial charge in [0.15, 0.2) is 0 Å². The van der Waals surface area contributed by atoms with E-state index >= 15 is 0 Å². The van der Waals surface area contributed by atoms with Crippen LogP contribution in [0.25, 0.3) is 11.1 Å². The molecule has 0 aliphatic carbocycles. The van der Waals surface area contributed by atoms with Crippen LogP contribution < -0.4 is 0 Å². The van der Waals surface area contributed by atoms with Crippen molar-refractivity contribution in [2.24, 2.45) is 5.92 Å². The van der Waals surface area contributed by atoms with Crippen molar-refractivity contribution < 1.29 is 4.79 Å². The lowest BCUT2D eigenvalue weighted by molar-refractivity contribution is 0.00846. The normalized spacial score (nSPS) is 28.2. The Balaban J connectivity index is 1.45. The Kier molecular flexibility index (Phi) is 3.20. The van der Waals surface area contributed by atoms with Crippen LogP contribution in [0.15, 0.2) is 42.7 Å². The molecule has 6 rings (SSSR count). The number of piperidine rings is 3. The zero-order valence-electron chi connectivity index (χ0n) is 13.7. The molecule has 5 heterocycles. The number of amides is 1. The van der Waals surface area contributed by atoms with Crippen LogP contribution in [0.4, 0.5) is 0 Å². The first-order chi connectivity index (χ1) is 11.8. The van der Waals surface area contributed by atoms with E-state index in [1.54, 1.807) is 6.20 Å². The van der Waals surface area contributed by atoms with Gasteiger partial charge in [-0.1, -0.05) is 12.1 Å². The Labute approximate surface area is 142 Å². The van der Waals surface area contributed by atoms with Gasteiger partial charge in [0, 0.05) is 37.1 Å². The molecule has 0 radical (unpaired) electrons. The zero-order chi connectivity index (χ0) is 16.1. The lowest BCUT2D eigenvalue weighted by Gasteiger charge is -2.48. The van der Waals surface area contributed by atoms with Crippen molar-refractivity contribution in [3.8, 4) is 11.1 Å². The highest BCUT2D eigenvalue weighted by molar-refractivity contribution is 5.99. The molecule has 3 saturated heterocycles. The minimum absolute atomic E-state index is 0.224. The number of pyridine rings is 1. The maximum atomic E-state index is 12.9. The highest BCUT2D eigenvalue weighted by atomic mass is 16.2. The van der Waals surface area contributed by atoms with Crippen molar-refractivity contribution in [1.82, 2.24) is 14.8 Å². The summed E-state index contributed by atoms with van der Waals surface area (Å²) in [6.45, 7) is 4.24. The second-order valence-electron chi connectivity index (χ2n) is 7.25. The van der Waals surface area contributed by atoms with Gasteiger partial charge in [-0.15, -0.1) is 0 Å². The fraction of sp³-hybridized carbons (Fsp3) is 0.400. The number of carbonyl (C=O) groups is 1. The van der Waals surface area contributed by atoms with Crippen LogP contribution in [0.3, 0.4) is 0 Å². The van der Waals surface area contributed by atoms with E-state index in [1.165, 1.54) is 25.9 Å². The summed E-state index contributed by atoms with van der Waals surface area (Å²) in [6.07, 6.45) is 6.15. The first kappa shape index (κ1) is 14.2. The molecule has 4 aliphatic heterocycles. The van der Waals surface area contributed by atoms with Crippen molar-refractivity contribution in [3.63, 3.8) is 0 Å². The minimum atomic E-state index is 0.224. The molecule has 1 amide bonds. The molecule has 0 unspecified atom stereocenters. The predicted molar refractivity (Wildman–Crippen MR) is 92.5 cm³/mol. The number of benzene rings is 1. The van der Waals surface area contributed by atoms with Crippen LogP contribution in [-0.2, 0) is 6.54 Å². The Morgan fingerprint density at radius 3 is 2.67 bits per heavy atom. The molecular formula is C20H21N3O. The van der Waals surface area contributed by atoms with E-state index in [4.69, 9.17) is 0 Å². The molecular weight excluding hydrogens is 298 g/mol. The van der Waals surface area contributed by atoms with E-state index in [-0.39, 0.29) is 5.91 Å². The van der Waals surface area contributed by atoms with Crippen LogP contribution in [0.5, 0.6) is 0 Å². The third-order valence-electron chi connectivity index (χ3n) is 5.95. The molecule has 4 nitrogen and oxygen atoms in total. The first-order valence-corrected chi connectivity index (χ1v) is 8.86. The van der Waals surface area contributed by atoms with Crippen LogP contribution in [0.2, 0.25) is 0 Å². The van der Waals surface area contributed by atoms with Gasteiger partial charge in [0.25, 0.3) is 5.91 Å². The van der Waals surface area contributed by atoms with Gasteiger partial charge in [-0.2, -0.15) is 0 Å². The van der Waals surface area contributed by atoms with Crippen LogP contribution in [-0.4, -0.2) is 46.4 Å². The maximum Gasteiger partial charge on any atom is 0.254 e. The van der Waals surface area contributed by atoms with Gasteiger partial charge in [-0.25, -0.2) is 0 Å². The SMILES string of the molecule is O=C1c2ccc(-c3cccnc3)cc2CN1[C@H]1CN2CCC1CC2. The lowest BCUT2D eigenvalue weighted by Crippen LogP contribution is -2.57. The average Bonchev–Trinajstić information content (AvgIpc) is 2.99. The lowest BCUT2D eigenvalue weighted by atomic mass is 9.83. The molecule has 1 aromatic carbocycles.